The molecule has 3 rings (SSSR count). The van der Waals surface area contributed by atoms with Crippen molar-refractivity contribution >= 4 is 6.08 Å². The monoisotopic (exact) mass is 299 g/mol. The SMILES string of the molecule is C(=C[C@@H](NCc1ccccc1)c1ccccc1)c1ccccc1. The number of benzene rings is 3. The lowest BCUT2D eigenvalue weighted by atomic mass is 10.0. The number of hydrogen-bond acceptors (Lipinski definition) is 1. The number of hydrogen-bond donors (Lipinski definition) is 1. The van der Waals surface area contributed by atoms with Gasteiger partial charge in [-0.05, 0) is 16.7 Å². The lowest BCUT2D eigenvalue weighted by Crippen LogP contribution is -2.19. The fourth-order valence-electron chi connectivity index (χ4n) is 2.55. The summed E-state index contributed by atoms with van der Waals surface area (Å²) in [6.07, 6.45) is 4.41. The molecular formula is C22H21N. The summed E-state index contributed by atoms with van der Waals surface area (Å²) in [5.74, 6) is 0. The Morgan fingerprint density at radius 1 is 0.696 bits per heavy atom. The largest absolute Gasteiger partial charge is 0.303 e. The minimum atomic E-state index is 0.191. The van der Waals surface area contributed by atoms with Crippen molar-refractivity contribution in [3.05, 3.63) is 114 Å². The molecular weight excluding hydrogens is 278 g/mol. The van der Waals surface area contributed by atoms with Crippen LogP contribution in [0.5, 0.6) is 0 Å². The maximum Gasteiger partial charge on any atom is 0.0512 e. The van der Waals surface area contributed by atoms with Crippen LogP contribution in [0, 0.1) is 0 Å². The summed E-state index contributed by atoms with van der Waals surface area (Å²) in [4.78, 5) is 0. The van der Waals surface area contributed by atoms with E-state index in [9.17, 15) is 0 Å². The second-order valence-electron chi connectivity index (χ2n) is 5.52. The van der Waals surface area contributed by atoms with Crippen LogP contribution < -0.4 is 5.32 Å². The van der Waals surface area contributed by atoms with Gasteiger partial charge in [0.05, 0.1) is 6.04 Å². The fourth-order valence-corrected chi connectivity index (χ4v) is 2.55. The summed E-state index contributed by atoms with van der Waals surface area (Å²) in [6, 6.07) is 31.7. The van der Waals surface area contributed by atoms with Gasteiger partial charge in [0.15, 0.2) is 0 Å². The molecule has 0 fully saturated rings. The second kappa shape index (κ2) is 8.11. The summed E-state index contributed by atoms with van der Waals surface area (Å²) in [6.45, 7) is 0.847. The van der Waals surface area contributed by atoms with Crippen LogP contribution in [0.1, 0.15) is 22.7 Å². The van der Waals surface area contributed by atoms with E-state index in [4.69, 9.17) is 0 Å². The molecule has 1 atom stereocenters. The molecule has 1 heteroatoms. The highest BCUT2D eigenvalue weighted by atomic mass is 14.9. The molecule has 0 aliphatic carbocycles. The summed E-state index contributed by atoms with van der Waals surface area (Å²) in [5.41, 5.74) is 3.78. The van der Waals surface area contributed by atoms with Gasteiger partial charge in [0.2, 0.25) is 0 Å². The average molecular weight is 299 g/mol. The zero-order valence-corrected chi connectivity index (χ0v) is 13.1. The maximum atomic E-state index is 3.64. The first-order chi connectivity index (χ1) is 11.4. The van der Waals surface area contributed by atoms with Crippen molar-refractivity contribution in [2.24, 2.45) is 0 Å². The van der Waals surface area contributed by atoms with E-state index in [0.717, 1.165) is 6.54 Å². The molecule has 1 N–H and O–H groups in total. The van der Waals surface area contributed by atoms with Crippen LogP contribution in [-0.2, 0) is 6.54 Å². The Hall–Kier alpha value is -2.64. The quantitative estimate of drug-likeness (QED) is 0.657. The van der Waals surface area contributed by atoms with E-state index in [2.05, 4.69) is 96.3 Å². The van der Waals surface area contributed by atoms with Crippen LogP contribution in [0.15, 0.2) is 97.1 Å². The number of rotatable bonds is 6. The van der Waals surface area contributed by atoms with Gasteiger partial charge in [-0.1, -0.05) is 103 Å². The lowest BCUT2D eigenvalue weighted by Gasteiger charge is -2.16. The Bertz CT molecular complexity index is 718. The Morgan fingerprint density at radius 2 is 1.26 bits per heavy atom. The third kappa shape index (κ3) is 4.67. The van der Waals surface area contributed by atoms with Crippen molar-refractivity contribution in [2.75, 3.05) is 0 Å². The summed E-state index contributed by atoms with van der Waals surface area (Å²) < 4.78 is 0. The smallest absolute Gasteiger partial charge is 0.0512 e. The molecule has 3 aromatic rings. The van der Waals surface area contributed by atoms with Crippen LogP contribution in [0.2, 0.25) is 0 Å². The molecule has 23 heavy (non-hydrogen) atoms. The maximum absolute atomic E-state index is 3.64. The van der Waals surface area contributed by atoms with Gasteiger partial charge in [-0.2, -0.15) is 0 Å². The summed E-state index contributed by atoms with van der Waals surface area (Å²) in [7, 11) is 0. The van der Waals surface area contributed by atoms with Gasteiger partial charge in [-0.15, -0.1) is 0 Å². The van der Waals surface area contributed by atoms with Gasteiger partial charge in [0.1, 0.15) is 0 Å². The van der Waals surface area contributed by atoms with Crippen LogP contribution >= 0.6 is 0 Å². The van der Waals surface area contributed by atoms with E-state index < -0.39 is 0 Å². The first-order valence-corrected chi connectivity index (χ1v) is 7.97. The van der Waals surface area contributed by atoms with Crippen molar-refractivity contribution < 1.29 is 0 Å². The molecule has 0 radical (unpaired) electrons. The van der Waals surface area contributed by atoms with Crippen molar-refractivity contribution in [3.8, 4) is 0 Å². The first kappa shape index (κ1) is 15.3. The molecule has 0 aromatic heterocycles. The highest BCUT2D eigenvalue weighted by Crippen LogP contribution is 2.17. The van der Waals surface area contributed by atoms with Gasteiger partial charge in [0.25, 0.3) is 0 Å². The molecule has 0 bridgehead atoms. The van der Waals surface area contributed by atoms with E-state index in [0.29, 0.717) is 0 Å². The highest BCUT2D eigenvalue weighted by molar-refractivity contribution is 5.50. The van der Waals surface area contributed by atoms with Gasteiger partial charge in [-0.25, -0.2) is 0 Å². The van der Waals surface area contributed by atoms with Crippen LogP contribution in [0.25, 0.3) is 6.08 Å². The van der Waals surface area contributed by atoms with Crippen molar-refractivity contribution in [2.45, 2.75) is 12.6 Å². The molecule has 0 saturated carbocycles. The minimum absolute atomic E-state index is 0.191. The van der Waals surface area contributed by atoms with Gasteiger partial charge in [-0.3, -0.25) is 0 Å². The van der Waals surface area contributed by atoms with E-state index in [1.807, 2.05) is 12.1 Å². The Balaban J connectivity index is 1.75. The molecule has 0 aliphatic rings. The van der Waals surface area contributed by atoms with Crippen LogP contribution in [0.4, 0.5) is 0 Å². The van der Waals surface area contributed by atoms with E-state index in [1.54, 1.807) is 0 Å². The molecule has 0 spiro atoms. The van der Waals surface area contributed by atoms with E-state index in [-0.39, 0.29) is 6.04 Å². The molecule has 1 nitrogen and oxygen atoms in total. The molecule has 114 valence electrons. The van der Waals surface area contributed by atoms with E-state index >= 15 is 0 Å². The summed E-state index contributed by atoms with van der Waals surface area (Å²) >= 11 is 0. The molecule has 0 unspecified atom stereocenters. The summed E-state index contributed by atoms with van der Waals surface area (Å²) in [5, 5.41) is 3.64. The van der Waals surface area contributed by atoms with Crippen LogP contribution in [-0.4, -0.2) is 0 Å². The Kier molecular flexibility index (Phi) is 5.38. The van der Waals surface area contributed by atoms with Crippen molar-refractivity contribution in [3.63, 3.8) is 0 Å². The molecule has 0 heterocycles. The average Bonchev–Trinajstić information content (AvgIpc) is 2.64. The van der Waals surface area contributed by atoms with Gasteiger partial charge in [0, 0.05) is 6.54 Å². The predicted octanol–water partition coefficient (Wildman–Crippen LogP) is 5.23. The minimum Gasteiger partial charge on any atom is -0.303 e. The number of nitrogens with one attached hydrogen (secondary N) is 1. The molecule has 0 amide bonds. The van der Waals surface area contributed by atoms with E-state index in [1.165, 1.54) is 16.7 Å². The van der Waals surface area contributed by atoms with Crippen molar-refractivity contribution in [1.82, 2.24) is 5.32 Å². The topological polar surface area (TPSA) is 12.0 Å². The third-order valence-corrected chi connectivity index (χ3v) is 3.81. The second-order valence-corrected chi connectivity index (χ2v) is 5.52. The Morgan fingerprint density at radius 3 is 1.91 bits per heavy atom. The first-order valence-electron chi connectivity index (χ1n) is 7.97. The van der Waals surface area contributed by atoms with Crippen molar-refractivity contribution in [1.29, 1.82) is 0 Å². The van der Waals surface area contributed by atoms with Gasteiger partial charge >= 0.3 is 0 Å². The fraction of sp³-hybridized carbons (Fsp3) is 0.0909. The molecule has 3 aromatic carbocycles. The van der Waals surface area contributed by atoms with Gasteiger partial charge < -0.3 is 5.32 Å². The predicted molar refractivity (Wildman–Crippen MR) is 97.9 cm³/mol. The molecule has 0 saturated heterocycles. The normalized spacial score (nSPS) is 12.3. The zero-order valence-electron chi connectivity index (χ0n) is 13.1. The zero-order chi connectivity index (χ0) is 15.7. The highest BCUT2D eigenvalue weighted by Gasteiger charge is 2.06. The van der Waals surface area contributed by atoms with Crippen LogP contribution in [0.3, 0.4) is 0 Å². The lowest BCUT2D eigenvalue weighted by molar-refractivity contribution is 0.623. The third-order valence-electron chi connectivity index (χ3n) is 3.81. The standard InChI is InChI=1S/C22H21N/c1-4-10-19(11-5-1)16-17-22(21-14-8-3-9-15-21)23-18-20-12-6-2-7-13-20/h1-17,22-23H,18H2/t22-/m1/s1. The molecule has 0 aliphatic heterocycles. The Labute approximate surface area is 138 Å².